The molecule has 0 amide bonds. The van der Waals surface area contributed by atoms with Crippen molar-refractivity contribution in [1.29, 1.82) is 0 Å². The van der Waals surface area contributed by atoms with E-state index in [9.17, 15) is 9.59 Å². The summed E-state index contributed by atoms with van der Waals surface area (Å²) in [5.41, 5.74) is 0.143. The van der Waals surface area contributed by atoms with Gasteiger partial charge in [0.25, 0.3) is 0 Å². The molecule has 1 atom stereocenters. The van der Waals surface area contributed by atoms with Crippen molar-refractivity contribution in [2.45, 2.75) is 26.7 Å². The molecule has 0 saturated heterocycles. The standard InChI is InChI=1S/C11H16O3/c1-7-5-6-8(12)11(2,3)9(7)10(13)14-4/h9H,1,5-6H2,2-4H3/t9-/m0/s1. The Morgan fingerprint density at radius 3 is 2.57 bits per heavy atom. The van der Waals surface area contributed by atoms with Gasteiger partial charge in [0.15, 0.2) is 0 Å². The lowest BCUT2D eigenvalue weighted by Crippen LogP contribution is -2.42. The molecule has 0 aliphatic heterocycles. The smallest absolute Gasteiger partial charge is 0.313 e. The highest BCUT2D eigenvalue weighted by molar-refractivity contribution is 5.93. The lowest BCUT2D eigenvalue weighted by Gasteiger charge is -2.36. The Balaban J connectivity index is 3.03. The maximum Gasteiger partial charge on any atom is 0.313 e. The van der Waals surface area contributed by atoms with Crippen LogP contribution in [-0.4, -0.2) is 18.9 Å². The van der Waals surface area contributed by atoms with Crippen molar-refractivity contribution in [3.05, 3.63) is 12.2 Å². The lowest BCUT2D eigenvalue weighted by molar-refractivity contribution is -0.153. The molecule has 0 unspecified atom stereocenters. The quantitative estimate of drug-likeness (QED) is 0.473. The van der Waals surface area contributed by atoms with Gasteiger partial charge in [0.2, 0.25) is 0 Å². The molecule has 0 spiro atoms. The first-order valence-corrected chi connectivity index (χ1v) is 4.70. The Hall–Kier alpha value is -1.12. The molecule has 14 heavy (non-hydrogen) atoms. The number of carbonyl (C=O) groups excluding carboxylic acids is 2. The highest BCUT2D eigenvalue weighted by atomic mass is 16.5. The number of hydrogen-bond donors (Lipinski definition) is 0. The number of Topliss-reactive ketones (excluding diaryl/α,β-unsaturated/α-hetero) is 1. The predicted octanol–water partition coefficient (Wildman–Crippen LogP) is 1.72. The van der Waals surface area contributed by atoms with Crippen LogP contribution in [0.4, 0.5) is 0 Å². The number of hydrogen-bond acceptors (Lipinski definition) is 3. The summed E-state index contributed by atoms with van der Waals surface area (Å²) in [6, 6.07) is 0. The molecule has 0 radical (unpaired) electrons. The summed E-state index contributed by atoms with van der Waals surface area (Å²) in [5.74, 6) is -0.720. The maximum absolute atomic E-state index is 11.6. The number of esters is 1. The Kier molecular flexibility index (Phi) is 2.79. The van der Waals surface area contributed by atoms with Gasteiger partial charge in [-0.2, -0.15) is 0 Å². The topological polar surface area (TPSA) is 43.4 Å². The van der Waals surface area contributed by atoms with Crippen LogP contribution in [0.1, 0.15) is 26.7 Å². The highest BCUT2D eigenvalue weighted by Crippen LogP contribution is 2.41. The van der Waals surface area contributed by atoms with Crippen molar-refractivity contribution >= 4 is 11.8 Å². The van der Waals surface area contributed by atoms with E-state index in [0.717, 1.165) is 5.57 Å². The predicted molar refractivity (Wildman–Crippen MR) is 52.7 cm³/mol. The van der Waals surface area contributed by atoms with Gasteiger partial charge in [-0.1, -0.05) is 26.0 Å². The zero-order valence-electron chi connectivity index (χ0n) is 8.92. The van der Waals surface area contributed by atoms with Crippen LogP contribution in [0.15, 0.2) is 12.2 Å². The maximum atomic E-state index is 11.6. The van der Waals surface area contributed by atoms with Crippen LogP contribution < -0.4 is 0 Å². The molecule has 0 N–H and O–H groups in total. The fraction of sp³-hybridized carbons (Fsp3) is 0.636. The van der Waals surface area contributed by atoms with Gasteiger partial charge in [-0.3, -0.25) is 9.59 Å². The minimum Gasteiger partial charge on any atom is -0.469 e. The molecule has 1 fully saturated rings. The van der Waals surface area contributed by atoms with Crippen LogP contribution in [0, 0.1) is 11.3 Å². The van der Waals surface area contributed by atoms with Crippen molar-refractivity contribution in [3.8, 4) is 0 Å². The van der Waals surface area contributed by atoms with Gasteiger partial charge in [-0.25, -0.2) is 0 Å². The molecule has 0 heterocycles. The highest BCUT2D eigenvalue weighted by Gasteiger charge is 2.45. The number of carbonyl (C=O) groups is 2. The first kappa shape index (κ1) is 11.0. The van der Waals surface area contributed by atoms with Crippen molar-refractivity contribution in [1.82, 2.24) is 0 Å². The van der Waals surface area contributed by atoms with Crippen LogP contribution >= 0.6 is 0 Å². The summed E-state index contributed by atoms with van der Waals surface area (Å²) in [4.78, 5) is 23.1. The molecule has 3 heteroatoms. The second-order valence-corrected chi connectivity index (χ2v) is 4.26. The summed E-state index contributed by atoms with van der Waals surface area (Å²) in [5, 5.41) is 0. The minimum absolute atomic E-state index is 0.111. The molecule has 3 nitrogen and oxygen atoms in total. The second-order valence-electron chi connectivity index (χ2n) is 4.26. The molecule has 0 aromatic rings. The summed E-state index contributed by atoms with van der Waals surface area (Å²) in [7, 11) is 1.34. The van der Waals surface area contributed by atoms with E-state index in [4.69, 9.17) is 4.74 Å². The zero-order chi connectivity index (χ0) is 10.9. The molecule has 1 saturated carbocycles. The van der Waals surface area contributed by atoms with Crippen LogP contribution in [0.3, 0.4) is 0 Å². The summed E-state index contributed by atoms with van der Waals surface area (Å²) in [6.07, 6.45) is 1.08. The molecule has 1 aliphatic carbocycles. The van der Waals surface area contributed by atoms with Crippen molar-refractivity contribution in [2.75, 3.05) is 7.11 Å². The van der Waals surface area contributed by atoms with E-state index < -0.39 is 11.3 Å². The molecule has 1 rings (SSSR count). The van der Waals surface area contributed by atoms with Crippen LogP contribution in [0.25, 0.3) is 0 Å². The molecular weight excluding hydrogens is 180 g/mol. The zero-order valence-corrected chi connectivity index (χ0v) is 8.92. The van der Waals surface area contributed by atoms with Crippen molar-refractivity contribution < 1.29 is 14.3 Å². The Bertz CT molecular complexity index is 281. The first-order valence-electron chi connectivity index (χ1n) is 4.70. The third-order valence-electron chi connectivity index (χ3n) is 2.96. The average Bonchev–Trinajstić information content (AvgIpc) is 2.11. The monoisotopic (exact) mass is 196 g/mol. The van der Waals surface area contributed by atoms with Gasteiger partial charge in [0.05, 0.1) is 13.0 Å². The van der Waals surface area contributed by atoms with Crippen molar-refractivity contribution in [2.24, 2.45) is 11.3 Å². The van der Waals surface area contributed by atoms with Crippen molar-refractivity contribution in [3.63, 3.8) is 0 Å². The average molecular weight is 196 g/mol. The normalized spacial score (nSPS) is 26.1. The Morgan fingerprint density at radius 2 is 2.07 bits per heavy atom. The summed E-state index contributed by atoms with van der Waals surface area (Å²) >= 11 is 0. The van der Waals surface area contributed by atoms with E-state index in [0.29, 0.717) is 12.8 Å². The van der Waals surface area contributed by atoms with Gasteiger partial charge < -0.3 is 4.74 Å². The first-order chi connectivity index (χ1) is 6.41. The van der Waals surface area contributed by atoms with E-state index >= 15 is 0 Å². The molecule has 0 aromatic carbocycles. The molecule has 0 aromatic heterocycles. The number of methoxy groups -OCH3 is 1. The fourth-order valence-electron chi connectivity index (χ4n) is 1.99. The number of rotatable bonds is 1. The molecular formula is C11H16O3. The van der Waals surface area contributed by atoms with Crippen LogP contribution in [-0.2, 0) is 14.3 Å². The van der Waals surface area contributed by atoms with Gasteiger partial charge in [-0.05, 0) is 6.42 Å². The lowest BCUT2D eigenvalue weighted by atomic mass is 9.66. The van der Waals surface area contributed by atoms with Gasteiger partial charge in [0.1, 0.15) is 5.78 Å². The third kappa shape index (κ3) is 1.59. The van der Waals surface area contributed by atoms with E-state index in [1.165, 1.54) is 7.11 Å². The number of ketones is 1. The van der Waals surface area contributed by atoms with Gasteiger partial charge >= 0.3 is 5.97 Å². The number of ether oxygens (including phenoxy) is 1. The third-order valence-corrected chi connectivity index (χ3v) is 2.96. The summed E-state index contributed by atoms with van der Waals surface area (Å²) < 4.78 is 4.69. The van der Waals surface area contributed by atoms with E-state index in [-0.39, 0.29) is 11.8 Å². The van der Waals surface area contributed by atoms with Gasteiger partial charge in [-0.15, -0.1) is 0 Å². The molecule has 78 valence electrons. The van der Waals surface area contributed by atoms with E-state index in [1.807, 2.05) is 0 Å². The van der Waals surface area contributed by atoms with E-state index in [2.05, 4.69) is 6.58 Å². The fourth-order valence-corrected chi connectivity index (χ4v) is 1.99. The largest absolute Gasteiger partial charge is 0.469 e. The van der Waals surface area contributed by atoms with Gasteiger partial charge in [0, 0.05) is 11.8 Å². The molecule has 1 aliphatic rings. The van der Waals surface area contributed by atoms with E-state index in [1.54, 1.807) is 13.8 Å². The SMILES string of the molecule is C=C1CCC(=O)C(C)(C)[C@@H]1C(=O)OC. The Morgan fingerprint density at radius 1 is 1.50 bits per heavy atom. The molecule has 0 bridgehead atoms. The summed E-state index contributed by atoms with van der Waals surface area (Å²) in [6.45, 7) is 7.40. The second kappa shape index (κ2) is 3.56. The Labute approximate surface area is 84.1 Å². The van der Waals surface area contributed by atoms with Crippen LogP contribution in [0.2, 0.25) is 0 Å². The minimum atomic E-state index is -0.664. The van der Waals surface area contributed by atoms with Crippen LogP contribution in [0.5, 0.6) is 0 Å².